The van der Waals surface area contributed by atoms with Crippen LogP contribution in [0.3, 0.4) is 0 Å². The minimum absolute atomic E-state index is 0.0444. The summed E-state index contributed by atoms with van der Waals surface area (Å²) < 4.78 is 5.42. The summed E-state index contributed by atoms with van der Waals surface area (Å²) in [6.07, 6.45) is 5.05. The number of aryl methyl sites for hydroxylation is 1. The largest absolute Gasteiger partial charge is 0.383 e. The molecule has 7 heteroatoms. The van der Waals surface area contributed by atoms with Gasteiger partial charge >= 0.3 is 0 Å². The van der Waals surface area contributed by atoms with E-state index in [4.69, 9.17) is 10.5 Å². The van der Waals surface area contributed by atoms with Crippen molar-refractivity contribution in [1.82, 2.24) is 15.1 Å². The molecular formula is C30H42N4O3. The Hall–Kier alpha value is -2.74. The third-order valence-corrected chi connectivity index (χ3v) is 7.88. The number of hydrogen-bond donors (Lipinski definition) is 2. The molecule has 1 aliphatic carbocycles. The maximum Gasteiger partial charge on any atom is 0.254 e. The van der Waals surface area contributed by atoms with Crippen molar-refractivity contribution < 1.29 is 14.3 Å². The number of piperidine rings is 1. The highest BCUT2D eigenvalue weighted by Gasteiger charge is 2.39. The van der Waals surface area contributed by atoms with Gasteiger partial charge in [0.15, 0.2) is 0 Å². The fraction of sp³-hybridized carbons (Fsp3) is 0.533. The summed E-state index contributed by atoms with van der Waals surface area (Å²) >= 11 is 0. The Morgan fingerprint density at radius 1 is 1.03 bits per heavy atom. The molecule has 1 saturated heterocycles. The zero-order valence-corrected chi connectivity index (χ0v) is 22.3. The van der Waals surface area contributed by atoms with Crippen molar-refractivity contribution >= 4 is 11.8 Å². The zero-order valence-electron chi connectivity index (χ0n) is 22.3. The Morgan fingerprint density at radius 3 is 2.41 bits per heavy atom. The van der Waals surface area contributed by atoms with E-state index in [1.54, 1.807) is 12.0 Å². The molecule has 200 valence electrons. The summed E-state index contributed by atoms with van der Waals surface area (Å²) in [6.45, 7) is 4.73. The summed E-state index contributed by atoms with van der Waals surface area (Å²) in [7, 11) is 1.72. The molecule has 0 aromatic heterocycles. The SMILES string of the molecule is COCCN(Cc1ccccc1)C1CCN(C(=O)c2ccc(C)cc2)[C@@H](C(=O)NC2CCC(N)CC2)C1. The lowest BCUT2D eigenvalue weighted by molar-refractivity contribution is -0.128. The van der Waals surface area contributed by atoms with Crippen molar-refractivity contribution in [2.75, 3.05) is 26.8 Å². The normalized spacial score (nSPS) is 24.2. The minimum Gasteiger partial charge on any atom is -0.383 e. The lowest BCUT2D eigenvalue weighted by Crippen LogP contribution is -2.58. The van der Waals surface area contributed by atoms with E-state index in [1.807, 2.05) is 37.3 Å². The molecule has 4 rings (SSSR count). The first-order valence-electron chi connectivity index (χ1n) is 13.6. The molecule has 7 nitrogen and oxygen atoms in total. The topological polar surface area (TPSA) is 87.9 Å². The Balaban J connectivity index is 1.53. The van der Waals surface area contributed by atoms with Crippen molar-refractivity contribution in [3.63, 3.8) is 0 Å². The monoisotopic (exact) mass is 506 g/mol. The number of nitrogens with one attached hydrogen (secondary N) is 1. The van der Waals surface area contributed by atoms with Crippen molar-refractivity contribution in [3.8, 4) is 0 Å². The van der Waals surface area contributed by atoms with E-state index in [0.29, 0.717) is 25.1 Å². The van der Waals surface area contributed by atoms with Gasteiger partial charge in [0.2, 0.25) is 5.91 Å². The molecule has 0 radical (unpaired) electrons. The second kappa shape index (κ2) is 13.2. The van der Waals surface area contributed by atoms with E-state index < -0.39 is 6.04 Å². The van der Waals surface area contributed by atoms with E-state index in [0.717, 1.165) is 50.8 Å². The van der Waals surface area contributed by atoms with Crippen LogP contribution >= 0.6 is 0 Å². The average molecular weight is 507 g/mol. The Morgan fingerprint density at radius 2 is 1.73 bits per heavy atom. The van der Waals surface area contributed by atoms with Gasteiger partial charge in [0.1, 0.15) is 6.04 Å². The predicted molar refractivity (Wildman–Crippen MR) is 146 cm³/mol. The number of benzene rings is 2. The number of nitrogens with two attached hydrogens (primary N) is 1. The van der Waals surface area contributed by atoms with E-state index in [1.165, 1.54) is 5.56 Å². The second-order valence-corrected chi connectivity index (χ2v) is 10.6. The standard InChI is InChI=1S/C30H42N4O3/c1-22-8-10-24(11-9-22)30(36)34-17-16-27(33(18-19-37-2)21-23-6-4-3-5-7-23)20-28(34)29(35)32-26-14-12-25(31)13-15-26/h3-11,25-28H,12-21,31H2,1-2H3,(H,32,35)/t25?,26?,27?,28-/m1/s1. The first-order chi connectivity index (χ1) is 17.9. The lowest BCUT2D eigenvalue weighted by atomic mass is 9.90. The van der Waals surface area contributed by atoms with Gasteiger partial charge in [0, 0.05) is 50.4 Å². The molecule has 0 bridgehead atoms. The van der Waals surface area contributed by atoms with Gasteiger partial charge in [-0.15, -0.1) is 0 Å². The highest BCUT2D eigenvalue weighted by molar-refractivity contribution is 5.97. The summed E-state index contributed by atoms with van der Waals surface area (Å²) in [5.41, 5.74) is 9.05. The maximum atomic E-state index is 13.7. The molecule has 2 aliphatic rings. The Bertz CT molecular complexity index is 1010. The molecule has 37 heavy (non-hydrogen) atoms. The molecule has 1 aliphatic heterocycles. The maximum absolute atomic E-state index is 13.7. The third kappa shape index (κ3) is 7.40. The third-order valence-electron chi connectivity index (χ3n) is 7.88. The van der Waals surface area contributed by atoms with Crippen molar-refractivity contribution in [2.24, 2.45) is 5.73 Å². The molecule has 3 N–H and O–H groups in total. The number of carbonyl (C=O) groups excluding carboxylic acids is 2. The highest BCUT2D eigenvalue weighted by Crippen LogP contribution is 2.27. The molecule has 1 unspecified atom stereocenters. The van der Waals surface area contributed by atoms with Crippen LogP contribution in [0.25, 0.3) is 0 Å². The quantitative estimate of drug-likeness (QED) is 0.544. The summed E-state index contributed by atoms with van der Waals surface area (Å²) in [5, 5.41) is 3.28. The van der Waals surface area contributed by atoms with Gasteiger partial charge in [-0.05, 0) is 63.1 Å². The fourth-order valence-electron chi connectivity index (χ4n) is 5.61. The van der Waals surface area contributed by atoms with E-state index >= 15 is 0 Å². The van der Waals surface area contributed by atoms with E-state index in [9.17, 15) is 9.59 Å². The summed E-state index contributed by atoms with van der Waals surface area (Å²) in [4.78, 5) is 31.5. The second-order valence-electron chi connectivity index (χ2n) is 10.6. The van der Waals surface area contributed by atoms with Gasteiger partial charge in [0.05, 0.1) is 6.61 Å². The minimum atomic E-state index is -0.510. The Labute approximate surface area is 221 Å². The molecular weight excluding hydrogens is 464 g/mol. The van der Waals surface area contributed by atoms with Crippen molar-refractivity contribution in [3.05, 3.63) is 71.3 Å². The van der Waals surface area contributed by atoms with Crippen molar-refractivity contribution in [1.29, 1.82) is 0 Å². The van der Waals surface area contributed by atoms with Gasteiger partial charge in [-0.25, -0.2) is 0 Å². The van der Waals surface area contributed by atoms with Crippen LogP contribution in [0.4, 0.5) is 0 Å². The molecule has 2 aromatic rings. The molecule has 1 saturated carbocycles. The smallest absolute Gasteiger partial charge is 0.254 e. The molecule has 1 heterocycles. The molecule has 2 amide bonds. The first-order valence-corrected chi connectivity index (χ1v) is 13.6. The van der Waals surface area contributed by atoms with Crippen LogP contribution < -0.4 is 11.1 Å². The predicted octanol–water partition coefficient (Wildman–Crippen LogP) is 3.50. The summed E-state index contributed by atoms with van der Waals surface area (Å²) in [6, 6.07) is 18.0. The molecule has 2 atom stereocenters. The van der Waals surface area contributed by atoms with E-state index in [-0.39, 0.29) is 29.9 Å². The van der Waals surface area contributed by atoms with Crippen LogP contribution in [0.2, 0.25) is 0 Å². The van der Waals surface area contributed by atoms with Crippen LogP contribution in [0.15, 0.2) is 54.6 Å². The zero-order chi connectivity index (χ0) is 26.2. The van der Waals surface area contributed by atoms with Crippen LogP contribution in [-0.4, -0.2) is 72.6 Å². The van der Waals surface area contributed by atoms with Gasteiger partial charge < -0.3 is 20.7 Å². The number of carbonyl (C=O) groups is 2. The molecule has 2 aromatic carbocycles. The van der Waals surface area contributed by atoms with Crippen LogP contribution in [0.1, 0.15) is 60.0 Å². The van der Waals surface area contributed by atoms with Gasteiger partial charge in [0.25, 0.3) is 5.91 Å². The lowest BCUT2D eigenvalue weighted by Gasteiger charge is -2.43. The van der Waals surface area contributed by atoms with Crippen LogP contribution in [-0.2, 0) is 16.1 Å². The van der Waals surface area contributed by atoms with Crippen LogP contribution in [0.5, 0.6) is 0 Å². The molecule has 2 fully saturated rings. The van der Waals surface area contributed by atoms with Gasteiger partial charge in [-0.3, -0.25) is 14.5 Å². The van der Waals surface area contributed by atoms with Gasteiger partial charge in [-0.1, -0.05) is 48.0 Å². The number of hydrogen-bond acceptors (Lipinski definition) is 5. The molecule has 0 spiro atoms. The van der Waals surface area contributed by atoms with E-state index in [2.05, 4.69) is 34.5 Å². The number of nitrogens with zero attached hydrogens (tertiary/aromatic N) is 2. The van der Waals surface area contributed by atoms with Gasteiger partial charge in [-0.2, -0.15) is 0 Å². The highest BCUT2D eigenvalue weighted by atomic mass is 16.5. The summed E-state index contributed by atoms with van der Waals surface area (Å²) in [5.74, 6) is -0.118. The number of ether oxygens (including phenoxy) is 1. The first kappa shape index (κ1) is 27.3. The van der Waals surface area contributed by atoms with Crippen molar-refractivity contribution in [2.45, 2.75) is 76.2 Å². The average Bonchev–Trinajstić information content (AvgIpc) is 2.92. The number of amides is 2. The Kier molecular flexibility index (Phi) is 9.72. The number of likely N-dealkylation sites (tertiary alicyclic amines) is 1. The van der Waals surface area contributed by atoms with Crippen LogP contribution in [0, 0.1) is 6.92 Å². The number of rotatable bonds is 9. The fourth-order valence-corrected chi connectivity index (χ4v) is 5.61. The number of methoxy groups -OCH3 is 1.